The van der Waals surface area contributed by atoms with Crippen LogP contribution in [-0.2, 0) is 6.54 Å². The van der Waals surface area contributed by atoms with Crippen molar-refractivity contribution in [1.29, 1.82) is 5.26 Å². The minimum Gasteiger partial charge on any atom is -0.497 e. The largest absolute Gasteiger partial charge is 0.497 e. The first kappa shape index (κ1) is 15.3. The molecule has 0 spiro atoms. The van der Waals surface area contributed by atoms with Gasteiger partial charge in [-0.25, -0.2) is 0 Å². The van der Waals surface area contributed by atoms with Crippen molar-refractivity contribution in [2.75, 3.05) is 20.7 Å². The maximum atomic E-state index is 12.5. The molecule has 0 aliphatic carbocycles. The van der Waals surface area contributed by atoms with Crippen LogP contribution in [0.2, 0.25) is 0 Å². The number of rotatable bonds is 5. The van der Waals surface area contributed by atoms with E-state index in [1.54, 1.807) is 31.3 Å². The third-order valence-electron chi connectivity index (χ3n) is 2.63. The van der Waals surface area contributed by atoms with Crippen molar-refractivity contribution in [1.82, 2.24) is 4.90 Å². The summed E-state index contributed by atoms with van der Waals surface area (Å²) in [6.45, 7) is -0.0251. The van der Waals surface area contributed by atoms with Crippen molar-refractivity contribution in [3.63, 3.8) is 0 Å². The number of benzene rings is 1. The molecule has 1 aromatic rings. The van der Waals surface area contributed by atoms with E-state index in [-0.39, 0.29) is 6.54 Å². The molecule has 0 aliphatic rings. The van der Waals surface area contributed by atoms with Crippen LogP contribution < -0.4 is 4.74 Å². The molecule has 1 atom stereocenters. The van der Waals surface area contributed by atoms with Crippen LogP contribution in [0.5, 0.6) is 5.75 Å². The van der Waals surface area contributed by atoms with E-state index in [1.807, 2.05) is 0 Å². The Morgan fingerprint density at radius 1 is 1.42 bits per heavy atom. The molecule has 0 fully saturated rings. The molecule has 0 N–H and O–H groups in total. The monoisotopic (exact) mass is 272 g/mol. The van der Waals surface area contributed by atoms with E-state index < -0.39 is 12.1 Å². The number of nitriles is 1. The zero-order valence-corrected chi connectivity index (χ0v) is 10.7. The maximum Gasteiger partial charge on any atom is 0.405 e. The van der Waals surface area contributed by atoms with Gasteiger partial charge in [-0.05, 0) is 24.7 Å². The van der Waals surface area contributed by atoms with E-state index in [0.29, 0.717) is 12.3 Å². The molecular weight excluding hydrogens is 257 g/mol. The average Bonchev–Trinajstić information content (AvgIpc) is 2.34. The molecule has 0 aliphatic heterocycles. The smallest absolute Gasteiger partial charge is 0.405 e. The Morgan fingerprint density at radius 2 is 2.11 bits per heavy atom. The van der Waals surface area contributed by atoms with Gasteiger partial charge >= 0.3 is 6.18 Å². The second kappa shape index (κ2) is 6.43. The van der Waals surface area contributed by atoms with Gasteiger partial charge in [0.2, 0.25) is 0 Å². The van der Waals surface area contributed by atoms with Crippen molar-refractivity contribution < 1.29 is 17.9 Å². The van der Waals surface area contributed by atoms with Gasteiger partial charge in [0, 0.05) is 13.1 Å². The van der Waals surface area contributed by atoms with Gasteiger partial charge in [0.15, 0.2) is 5.92 Å². The minimum absolute atomic E-state index is 0.325. The van der Waals surface area contributed by atoms with Crippen LogP contribution in [0.1, 0.15) is 5.56 Å². The van der Waals surface area contributed by atoms with E-state index in [4.69, 9.17) is 10.00 Å². The highest BCUT2D eigenvalue weighted by Crippen LogP contribution is 2.26. The highest BCUT2D eigenvalue weighted by molar-refractivity contribution is 5.28. The predicted molar refractivity (Wildman–Crippen MR) is 64.5 cm³/mol. The van der Waals surface area contributed by atoms with Crippen LogP contribution in [0, 0.1) is 17.2 Å². The number of hydrogen-bond donors (Lipinski definition) is 0. The number of ether oxygens (including phenoxy) is 1. The summed E-state index contributed by atoms with van der Waals surface area (Å²) in [5.41, 5.74) is 0.834. The average molecular weight is 272 g/mol. The van der Waals surface area contributed by atoms with Gasteiger partial charge < -0.3 is 9.64 Å². The molecule has 3 nitrogen and oxygen atoms in total. The molecule has 19 heavy (non-hydrogen) atoms. The fourth-order valence-corrected chi connectivity index (χ4v) is 1.68. The molecular formula is C13H15F3N2O. The lowest BCUT2D eigenvalue weighted by molar-refractivity contribution is -0.162. The van der Waals surface area contributed by atoms with Crippen molar-refractivity contribution in [2.24, 2.45) is 5.92 Å². The second-order valence-corrected chi connectivity index (χ2v) is 4.27. The fraction of sp³-hybridized carbons (Fsp3) is 0.462. The van der Waals surface area contributed by atoms with Gasteiger partial charge in [-0.1, -0.05) is 12.1 Å². The normalized spacial score (nSPS) is 13.1. The van der Waals surface area contributed by atoms with Gasteiger partial charge in [-0.2, -0.15) is 18.4 Å². The topological polar surface area (TPSA) is 36.3 Å². The molecule has 0 aromatic heterocycles. The van der Waals surface area contributed by atoms with E-state index in [9.17, 15) is 13.2 Å². The molecule has 0 bridgehead atoms. The molecule has 0 saturated carbocycles. The minimum atomic E-state index is -4.49. The van der Waals surface area contributed by atoms with Crippen LogP contribution in [-0.4, -0.2) is 31.8 Å². The summed E-state index contributed by atoms with van der Waals surface area (Å²) in [5, 5.41) is 8.54. The van der Waals surface area contributed by atoms with Crippen molar-refractivity contribution >= 4 is 0 Å². The van der Waals surface area contributed by atoms with Gasteiger partial charge in [0.05, 0.1) is 13.2 Å². The van der Waals surface area contributed by atoms with Gasteiger partial charge in [-0.3, -0.25) is 0 Å². The number of nitrogens with zero attached hydrogens (tertiary/aromatic N) is 2. The SMILES string of the molecule is COc1cccc(CN(C)CC(C#N)C(F)(F)F)c1. The molecule has 1 unspecified atom stereocenters. The van der Waals surface area contributed by atoms with E-state index in [1.165, 1.54) is 18.1 Å². The van der Waals surface area contributed by atoms with Gasteiger partial charge in [0.1, 0.15) is 5.75 Å². The Morgan fingerprint density at radius 3 is 2.63 bits per heavy atom. The van der Waals surface area contributed by atoms with Gasteiger partial charge in [0.25, 0.3) is 0 Å². The lowest BCUT2D eigenvalue weighted by atomic mass is 10.1. The van der Waals surface area contributed by atoms with E-state index in [2.05, 4.69) is 0 Å². The first-order valence-electron chi connectivity index (χ1n) is 5.64. The Kier molecular flexibility index (Phi) is 5.19. The zero-order valence-electron chi connectivity index (χ0n) is 10.7. The van der Waals surface area contributed by atoms with E-state index in [0.717, 1.165) is 5.56 Å². The number of alkyl halides is 3. The predicted octanol–water partition coefficient (Wildman–Crippen LogP) is 2.83. The standard InChI is InChI=1S/C13H15F3N2O/c1-18(9-11(7-17)13(14,15)16)8-10-4-3-5-12(6-10)19-2/h3-6,11H,8-9H2,1-2H3. The maximum absolute atomic E-state index is 12.5. The first-order chi connectivity index (χ1) is 8.86. The van der Waals surface area contributed by atoms with Crippen LogP contribution in [0.25, 0.3) is 0 Å². The van der Waals surface area contributed by atoms with Crippen molar-refractivity contribution in [3.8, 4) is 11.8 Å². The first-order valence-corrected chi connectivity index (χ1v) is 5.64. The van der Waals surface area contributed by atoms with Crippen LogP contribution in [0.3, 0.4) is 0 Å². The molecule has 0 saturated heterocycles. The summed E-state index contributed by atoms with van der Waals surface area (Å²) in [4.78, 5) is 1.47. The summed E-state index contributed by atoms with van der Waals surface area (Å²) < 4.78 is 42.4. The summed E-state index contributed by atoms with van der Waals surface area (Å²) >= 11 is 0. The Balaban J connectivity index is 2.64. The number of hydrogen-bond acceptors (Lipinski definition) is 3. The fourth-order valence-electron chi connectivity index (χ4n) is 1.68. The molecule has 0 amide bonds. The highest BCUT2D eigenvalue weighted by Gasteiger charge is 2.40. The number of halogens is 3. The Labute approximate surface area is 110 Å². The lowest BCUT2D eigenvalue weighted by Crippen LogP contribution is -2.33. The summed E-state index contributed by atoms with van der Waals surface area (Å²) in [6, 6.07) is 8.38. The third-order valence-corrected chi connectivity index (χ3v) is 2.63. The second-order valence-electron chi connectivity index (χ2n) is 4.27. The lowest BCUT2D eigenvalue weighted by Gasteiger charge is -2.21. The van der Waals surface area contributed by atoms with Crippen molar-refractivity contribution in [2.45, 2.75) is 12.7 Å². The summed E-state index contributed by atoms with van der Waals surface area (Å²) in [5.74, 6) is -1.32. The quantitative estimate of drug-likeness (QED) is 0.827. The molecule has 1 aromatic carbocycles. The zero-order chi connectivity index (χ0) is 14.5. The molecule has 0 heterocycles. The summed E-state index contributed by atoms with van der Waals surface area (Å²) in [6.07, 6.45) is -4.49. The highest BCUT2D eigenvalue weighted by atomic mass is 19.4. The van der Waals surface area contributed by atoms with Crippen LogP contribution >= 0.6 is 0 Å². The molecule has 0 radical (unpaired) electrons. The van der Waals surface area contributed by atoms with Crippen molar-refractivity contribution in [3.05, 3.63) is 29.8 Å². The van der Waals surface area contributed by atoms with Crippen LogP contribution in [0.4, 0.5) is 13.2 Å². The van der Waals surface area contributed by atoms with Gasteiger partial charge in [-0.15, -0.1) is 0 Å². The van der Waals surface area contributed by atoms with E-state index >= 15 is 0 Å². The molecule has 104 valence electrons. The Hall–Kier alpha value is -1.74. The molecule has 6 heteroatoms. The third kappa shape index (κ3) is 4.79. The summed E-state index contributed by atoms with van der Waals surface area (Å²) in [7, 11) is 3.08. The Bertz CT molecular complexity index is 454. The number of methoxy groups -OCH3 is 1. The molecule has 1 rings (SSSR count). The van der Waals surface area contributed by atoms with Crippen LogP contribution in [0.15, 0.2) is 24.3 Å².